The molecule has 0 radical (unpaired) electrons. The van der Waals surface area contributed by atoms with Crippen molar-refractivity contribution in [3.8, 4) is 0 Å². The Bertz CT molecular complexity index is 805. The Morgan fingerprint density at radius 3 is 2.96 bits per heavy atom. The fourth-order valence-corrected chi connectivity index (χ4v) is 3.39. The molecule has 2 heterocycles. The second-order valence-electron chi connectivity index (χ2n) is 6.52. The summed E-state index contributed by atoms with van der Waals surface area (Å²) in [6.07, 6.45) is 2.94. The van der Waals surface area contributed by atoms with Gasteiger partial charge < -0.3 is 10.2 Å². The molecule has 1 unspecified atom stereocenters. The lowest BCUT2D eigenvalue weighted by Crippen LogP contribution is -2.32. The highest BCUT2D eigenvalue weighted by molar-refractivity contribution is 5.85. The molecular weight excluding hydrogens is 340 g/mol. The Morgan fingerprint density at radius 1 is 1.40 bits per heavy atom. The Balaban J connectivity index is 0.00000225. The minimum atomic E-state index is -0.0778. The van der Waals surface area contributed by atoms with Crippen LogP contribution in [0.1, 0.15) is 18.4 Å². The van der Waals surface area contributed by atoms with E-state index in [2.05, 4.69) is 10.3 Å². The van der Waals surface area contributed by atoms with Gasteiger partial charge in [0.2, 0.25) is 5.91 Å². The monoisotopic (exact) mass is 364 g/mol. The summed E-state index contributed by atoms with van der Waals surface area (Å²) in [6, 6.07) is 5.60. The van der Waals surface area contributed by atoms with Crippen LogP contribution < -0.4 is 10.9 Å². The van der Waals surface area contributed by atoms with E-state index in [1.807, 2.05) is 31.0 Å². The molecular formula is C18H25ClN4O2. The van der Waals surface area contributed by atoms with Crippen molar-refractivity contribution in [1.82, 2.24) is 19.8 Å². The molecule has 0 saturated carbocycles. The van der Waals surface area contributed by atoms with E-state index in [0.717, 1.165) is 37.1 Å². The van der Waals surface area contributed by atoms with Gasteiger partial charge in [0, 0.05) is 26.1 Å². The molecule has 7 heteroatoms. The van der Waals surface area contributed by atoms with Crippen molar-refractivity contribution in [2.24, 2.45) is 5.92 Å². The van der Waals surface area contributed by atoms with Crippen LogP contribution in [0.3, 0.4) is 0 Å². The van der Waals surface area contributed by atoms with E-state index in [9.17, 15) is 9.59 Å². The number of amides is 1. The van der Waals surface area contributed by atoms with E-state index in [0.29, 0.717) is 24.3 Å². The van der Waals surface area contributed by atoms with Crippen LogP contribution in [0.2, 0.25) is 0 Å². The molecule has 1 fully saturated rings. The molecule has 1 aliphatic heterocycles. The van der Waals surface area contributed by atoms with Crippen LogP contribution in [0.15, 0.2) is 29.3 Å². The summed E-state index contributed by atoms with van der Waals surface area (Å²) in [5, 5.41) is 3.78. The zero-order chi connectivity index (χ0) is 17.1. The van der Waals surface area contributed by atoms with Gasteiger partial charge in [-0.1, -0.05) is 12.1 Å². The molecule has 1 N–H and O–H groups in total. The fraction of sp³-hybridized carbons (Fsp3) is 0.500. The van der Waals surface area contributed by atoms with Gasteiger partial charge in [0.15, 0.2) is 0 Å². The fourth-order valence-electron chi connectivity index (χ4n) is 3.39. The first kappa shape index (κ1) is 19.4. The van der Waals surface area contributed by atoms with Gasteiger partial charge in [-0.25, -0.2) is 4.98 Å². The molecule has 0 spiro atoms. The van der Waals surface area contributed by atoms with Crippen LogP contribution >= 0.6 is 12.4 Å². The molecule has 1 atom stereocenters. The van der Waals surface area contributed by atoms with Gasteiger partial charge in [-0.3, -0.25) is 14.2 Å². The summed E-state index contributed by atoms with van der Waals surface area (Å²) in [6.45, 7) is 4.88. The highest BCUT2D eigenvalue weighted by Crippen LogP contribution is 2.16. The van der Waals surface area contributed by atoms with Gasteiger partial charge in [0.1, 0.15) is 0 Å². The summed E-state index contributed by atoms with van der Waals surface area (Å²) in [5.74, 6) is 0.650. The number of aryl methyl sites for hydroxylation is 2. The van der Waals surface area contributed by atoms with Gasteiger partial charge in [0.25, 0.3) is 5.56 Å². The number of carbonyl (C=O) groups excluding carboxylic acids is 1. The van der Waals surface area contributed by atoms with Crippen LogP contribution in [0.4, 0.5) is 0 Å². The molecule has 2 aromatic rings. The molecule has 6 nitrogen and oxygen atoms in total. The normalized spacial score (nSPS) is 16.9. The Hall–Kier alpha value is -1.92. The molecule has 0 bridgehead atoms. The number of likely N-dealkylation sites (tertiary alicyclic amines) is 1. The number of nitrogens with zero attached hydrogens (tertiary/aromatic N) is 3. The highest BCUT2D eigenvalue weighted by Gasteiger charge is 2.25. The van der Waals surface area contributed by atoms with Crippen molar-refractivity contribution in [3.05, 3.63) is 40.4 Å². The number of rotatable bonds is 5. The number of halogens is 1. The summed E-state index contributed by atoms with van der Waals surface area (Å²) in [5.41, 5.74) is 1.64. The standard InChI is InChI=1S/C18H24N4O2.ClH/c1-13-4-3-5-15-17(13)20-12-22(18(15)24)9-7-16(23)21-8-6-14(11-21)10-19-2;/h3-5,12,14,19H,6-11H2,1-2H3;1H. The molecule has 1 aromatic carbocycles. The number of benzene rings is 1. The largest absolute Gasteiger partial charge is 0.342 e. The maximum absolute atomic E-state index is 12.5. The van der Waals surface area contributed by atoms with Crippen molar-refractivity contribution < 1.29 is 4.79 Å². The number of aromatic nitrogens is 2. The van der Waals surface area contributed by atoms with Gasteiger partial charge >= 0.3 is 0 Å². The first-order valence-electron chi connectivity index (χ1n) is 8.47. The van der Waals surface area contributed by atoms with Crippen molar-refractivity contribution in [1.29, 1.82) is 0 Å². The quantitative estimate of drug-likeness (QED) is 0.874. The summed E-state index contributed by atoms with van der Waals surface area (Å²) in [7, 11) is 1.94. The lowest BCUT2D eigenvalue weighted by Gasteiger charge is -2.17. The van der Waals surface area contributed by atoms with Gasteiger partial charge in [-0.2, -0.15) is 0 Å². The molecule has 136 valence electrons. The second-order valence-corrected chi connectivity index (χ2v) is 6.52. The zero-order valence-electron chi connectivity index (χ0n) is 14.7. The van der Waals surface area contributed by atoms with E-state index in [1.54, 1.807) is 17.0 Å². The third-order valence-electron chi connectivity index (χ3n) is 4.75. The van der Waals surface area contributed by atoms with Crippen molar-refractivity contribution in [3.63, 3.8) is 0 Å². The minimum Gasteiger partial charge on any atom is -0.342 e. The maximum Gasteiger partial charge on any atom is 0.261 e. The first-order chi connectivity index (χ1) is 11.6. The minimum absolute atomic E-state index is 0. The average Bonchev–Trinajstić information content (AvgIpc) is 3.04. The SMILES string of the molecule is CNCC1CCN(C(=O)CCn2cnc3c(C)cccc3c2=O)C1.Cl. The second kappa shape index (κ2) is 8.45. The maximum atomic E-state index is 12.5. The van der Waals surface area contributed by atoms with Crippen molar-refractivity contribution >= 4 is 29.2 Å². The molecule has 1 saturated heterocycles. The van der Waals surface area contributed by atoms with Crippen LogP contribution in [-0.4, -0.2) is 47.0 Å². The Labute approximate surface area is 153 Å². The lowest BCUT2D eigenvalue weighted by atomic mass is 10.1. The van der Waals surface area contributed by atoms with Crippen LogP contribution in [0.5, 0.6) is 0 Å². The summed E-state index contributed by atoms with van der Waals surface area (Å²) < 4.78 is 1.54. The van der Waals surface area contributed by atoms with Crippen LogP contribution in [0, 0.1) is 12.8 Å². The first-order valence-corrected chi connectivity index (χ1v) is 8.47. The highest BCUT2D eigenvalue weighted by atomic mass is 35.5. The summed E-state index contributed by atoms with van der Waals surface area (Å²) >= 11 is 0. The Morgan fingerprint density at radius 2 is 2.20 bits per heavy atom. The number of para-hydroxylation sites is 1. The van der Waals surface area contributed by atoms with Gasteiger partial charge in [0.05, 0.1) is 17.2 Å². The third kappa shape index (κ3) is 4.19. The third-order valence-corrected chi connectivity index (χ3v) is 4.75. The van der Waals surface area contributed by atoms with Crippen molar-refractivity contribution in [2.75, 3.05) is 26.7 Å². The number of hydrogen-bond acceptors (Lipinski definition) is 4. The number of hydrogen-bond donors (Lipinski definition) is 1. The predicted octanol–water partition coefficient (Wildman–Crippen LogP) is 1.58. The van der Waals surface area contributed by atoms with Crippen LogP contribution in [0.25, 0.3) is 10.9 Å². The molecule has 1 aromatic heterocycles. The number of carbonyl (C=O) groups is 1. The van der Waals surface area contributed by atoms with Crippen LogP contribution in [-0.2, 0) is 11.3 Å². The molecule has 25 heavy (non-hydrogen) atoms. The van der Waals surface area contributed by atoms with Crippen molar-refractivity contribution in [2.45, 2.75) is 26.3 Å². The zero-order valence-corrected chi connectivity index (χ0v) is 15.5. The van der Waals surface area contributed by atoms with E-state index < -0.39 is 0 Å². The van der Waals surface area contributed by atoms with E-state index in [-0.39, 0.29) is 23.9 Å². The Kier molecular flexibility index (Phi) is 6.56. The predicted molar refractivity (Wildman–Crippen MR) is 101 cm³/mol. The van der Waals surface area contributed by atoms with E-state index in [4.69, 9.17) is 0 Å². The number of fused-ring (bicyclic) bond motifs is 1. The molecule has 1 aliphatic rings. The average molecular weight is 365 g/mol. The summed E-state index contributed by atoms with van der Waals surface area (Å²) in [4.78, 5) is 31.2. The van der Waals surface area contributed by atoms with Gasteiger partial charge in [-0.15, -0.1) is 12.4 Å². The molecule has 3 rings (SSSR count). The molecule has 0 aliphatic carbocycles. The molecule has 1 amide bonds. The van der Waals surface area contributed by atoms with Gasteiger partial charge in [-0.05, 0) is 44.5 Å². The van der Waals surface area contributed by atoms with E-state index in [1.165, 1.54) is 0 Å². The smallest absolute Gasteiger partial charge is 0.261 e. The number of nitrogens with one attached hydrogen (secondary N) is 1. The topological polar surface area (TPSA) is 67.2 Å². The van der Waals surface area contributed by atoms with E-state index >= 15 is 0 Å². The lowest BCUT2D eigenvalue weighted by molar-refractivity contribution is -0.130.